The summed E-state index contributed by atoms with van der Waals surface area (Å²) in [5.74, 6) is 1.82. The van der Waals surface area contributed by atoms with Crippen molar-refractivity contribution in [3.8, 4) is 34.3 Å². The van der Waals surface area contributed by atoms with Gasteiger partial charge in [0, 0.05) is 16.7 Å². The van der Waals surface area contributed by atoms with E-state index in [4.69, 9.17) is 21.1 Å². The van der Waals surface area contributed by atoms with Crippen LogP contribution in [-0.2, 0) is 0 Å². The Labute approximate surface area is 138 Å². The SMILES string of the molecule is COc1ccc(-c2n[nH]c(C)c2Oc2ccc(Cl)cc2)c(O)c1. The third kappa shape index (κ3) is 3.10. The number of benzene rings is 2. The normalized spacial score (nSPS) is 10.6. The zero-order valence-corrected chi connectivity index (χ0v) is 13.4. The Bertz CT molecular complexity index is 828. The van der Waals surface area contributed by atoms with E-state index in [1.165, 1.54) is 6.07 Å². The van der Waals surface area contributed by atoms with Crippen LogP contribution in [0.4, 0.5) is 0 Å². The molecule has 2 aromatic carbocycles. The van der Waals surface area contributed by atoms with E-state index in [1.54, 1.807) is 43.5 Å². The van der Waals surface area contributed by atoms with Crippen LogP contribution in [0.5, 0.6) is 23.0 Å². The molecule has 0 unspecified atom stereocenters. The summed E-state index contributed by atoms with van der Waals surface area (Å²) < 4.78 is 11.0. The minimum Gasteiger partial charge on any atom is -0.507 e. The largest absolute Gasteiger partial charge is 0.507 e. The number of halogens is 1. The second-order valence-electron chi connectivity index (χ2n) is 4.97. The molecule has 2 N–H and O–H groups in total. The first-order valence-electron chi connectivity index (χ1n) is 6.94. The van der Waals surface area contributed by atoms with Gasteiger partial charge in [-0.25, -0.2) is 0 Å². The number of nitrogens with zero attached hydrogens (tertiary/aromatic N) is 1. The van der Waals surface area contributed by atoms with Crippen LogP contribution in [0.3, 0.4) is 0 Å². The fourth-order valence-electron chi connectivity index (χ4n) is 2.19. The van der Waals surface area contributed by atoms with E-state index in [1.807, 2.05) is 6.92 Å². The van der Waals surface area contributed by atoms with Gasteiger partial charge in [0.2, 0.25) is 0 Å². The van der Waals surface area contributed by atoms with Crippen molar-refractivity contribution in [1.29, 1.82) is 0 Å². The minimum atomic E-state index is 0.0665. The first-order valence-corrected chi connectivity index (χ1v) is 7.32. The number of aromatic hydroxyl groups is 1. The molecule has 23 heavy (non-hydrogen) atoms. The molecule has 0 amide bonds. The first kappa shape index (κ1) is 15.2. The lowest BCUT2D eigenvalue weighted by atomic mass is 10.1. The lowest BCUT2D eigenvalue weighted by Crippen LogP contribution is -1.89. The van der Waals surface area contributed by atoms with Crippen LogP contribution in [0.25, 0.3) is 11.3 Å². The van der Waals surface area contributed by atoms with Crippen LogP contribution >= 0.6 is 11.6 Å². The number of nitrogens with one attached hydrogen (secondary N) is 1. The fraction of sp³-hybridized carbons (Fsp3) is 0.118. The number of aryl methyl sites for hydroxylation is 1. The average Bonchev–Trinajstić information content (AvgIpc) is 2.90. The molecule has 5 nitrogen and oxygen atoms in total. The van der Waals surface area contributed by atoms with Crippen molar-refractivity contribution < 1.29 is 14.6 Å². The molecule has 0 radical (unpaired) electrons. The summed E-state index contributed by atoms with van der Waals surface area (Å²) in [6.45, 7) is 1.85. The highest BCUT2D eigenvalue weighted by Gasteiger charge is 2.18. The lowest BCUT2D eigenvalue weighted by molar-refractivity contribution is 0.408. The zero-order chi connectivity index (χ0) is 16.4. The van der Waals surface area contributed by atoms with Crippen molar-refractivity contribution >= 4 is 11.6 Å². The van der Waals surface area contributed by atoms with Gasteiger partial charge in [0.25, 0.3) is 0 Å². The third-order valence-electron chi connectivity index (χ3n) is 3.38. The highest BCUT2D eigenvalue weighted by atomic mass is 35.5. The number of hydrogen-bond donors (Lipinski definition) is 2. The lowest BCUT2D eigenvalue weighted by Gasteiger charge is -2.09. The van der Waals surface area contributed by atoms with Gasteiger partial charge in [0.05, 0.1) is 12.8 Å². The number of rotatable bonds is 4. The van der Waals surface area contributed by atoms with Crippen LogP contribution in [0, 0.1) is 6.92 Å². The van der Waals surface area contributed by atoms with E-state index < -0.39 is 0 Å². The van der Waals surface area contributed by atoms with Gasteiger partial charge in [0.1, 0.15) is 22.9 Å². The van der Waals surface area contributed by atoms with Crippen LogP contribution in [0.2, 0.25) is 5.02 Å². The van der Waals surface area contributed by atoms with E-state index in [9.17, 15) is 5.11 Å². The highest BCUT2D eigenvalue weighted by Crippen LogP contribution is 2.39. The smallest absolute Gasteiger partial charge is 0.176 e. The minimum absolute atomic E-state index is 0.0665. The summed E-state index contributed by atoms with van der Waals surface area (Å²) in [6, 6.07) is 12.1. The number of ether oxygens (including phenoxy) is 2. The third-order valence-corrected chi connectivity index (χ3v) is 3.64. The predicted octanol–water partition coefficient (Wildman–Crippen LogP) is 4.55. The molecule has 0 saturated carbocycles. The number of aromatic nitrogens is 2. The van der Waals surface area contributed by atoms with E-state index in [0.717, 1.165) is 5.69 Å². The van der Waals surface area contributed by atoms with Gasteiger partial charge in [-0.1, -0.05) is 11.6 Å². The Kier molecular flexibility index (Phi) is 4.12. The Balaban J connectivity index is 2.00. The van der Waals surface area contributed by atoms with Crippen molar-refractivity contribution in [2.24, 2.45) is 0 Å². The van der Waals surface area contributed by atoms with Crippen LogP contribution in [0.1, 0.15) is 5.69 Å². The summed E-state index contributed by atoms with van der Waals surface area (Å²) >= 11 is 5.88. The second kappa shape index (κ2) is 6.22. The van der Waals surface area contributed by atoms with E-state index >= 15 is 0 Å². The molecule has 0 spiro atoms. The van der Waals surface area contributed by atoms with Crippen molar-refractivity contribution in [3.63, 3.8) is 0 Å². The van der Waals surface area contributed by atoms with Gasteiger partial charge in [0.15, 0.2) is 5.75 Å². The number of phenols is 1. The Morgan fingerprint density at radius 3 is 2.43 bits per heavy atom. The highest BCUT2D eigenvalue weighted by molar-refractivity contribution is 6.30. The zero-order valence-electron chi connectivity index (χ0n) is 12.6. The van der Waals surface area contributed by atoms with Crippen molar-refractivity contribution in [2.75, 3.05) is 7.11 Å². The molecule has 3 aromatic rings. The number of aromatic amines is 1. The molecular formula is C17H15ClN2O3. The molecule has 1 heterocycles. The molecule has 0 atom stereocenters. The standard InChI is InChI=1S/C17H15ClN2O3/c1-10-17(23-12-5-3-11(18)4-6-12)16(20-19-10)14-8-7-13(22-2)9-15(14)21/h3-9,21H,1-2H3,(H,19,20). The maximum absolute atomic E-state index is 10.2. The summed E-state index contributed by atoms with van der Waals surface area (Å²) in [4.78, 5) is 0. The van der Waals surface area contributed by atoms with Crippen molar-refractivity contribution in [1.82, 2.24) is 10.2 Å². The average molecular weight is 331 g/mol. The van der Waals surface area contributed by atoms with Crippen LogP contribution in [0.15, 0.2) is 42.5 Å². The fourth-order valence-corrected chi connectivity index (χ4v) is 2.31. The molecule has 0 bridgehead atoms. The van der Waals surface area contributed by atoms with Gasteiger partial charge >= 0.3 is 0 Å². The molecule has 0 aliphatic carbocycles. The van der Waals surface area contributed by atoms with Crippen LogP contribution in [-0.4, -0.2) is 22.4 Å². The van der Waals surface area contributed by atoms with Gasteiger partial charge in [-0.15, -0.1) is 0 Å². The summed E-state index contributed by atoms with van der Waals surface area (Å²) in [7, 11) is 1.54. The van der Waals surface area contributed by atoms with Gasteiger partial charge in [-0.05, 0) is 43.3 Å². The molecule has 1 aromatic heterocycles. The number of hydrogen-bond acceptors (Lipinski definition) is 4. The quantitative estimate of drug-likeness (QED) is 0.736. The summed E-state index contributed by atoms with van der Waals surface area (Å²) in [6.07, 6.45) is 0. The molecule has 0 aliphatic rings. The number of H-pyrrole nitrogens is 1. The molecule has 0 fully saturated rings. The van der Waals surface area contributed by atoms with E-state index in [2.05, 4.69) is 10.2 Å². The predicted molar refractivity (Wildman–Crippen MR) is 88.5 cm³/mol. The second-order valence-corrected chi connectivity index (χ2v) is 5.40. The van der Waals surface area contributed by atoms with Gasteiger partial charge < -0.3 is 14.6 Å². The Hall–Kier alpha value is -2.66. The van der Waals surface area contributed by atoms with Crippen molar-refractivity contribution in [2.45, 2.75) is 6.92 Å². The first-order chi connectivity index (χ1) is 11.1. The molecule has 6 heteroatoms. The molecule has 118 valence electrons. The maximum Gasteiger partial charge on any atom is 0.176 e. The van der Waals surface area contributed by atoms with E-state index in [0.29, 0.717) is 33.5 Å². The molecule has 0 saturated heterocycles. The Morgan fingerprint density at radius 2 is 1.78 bits per heavy atom. The summed E-state index contributed by atoms with van der Waals surface area (Å²) in [5, 5.41) is 18.0. The molecule has 0 aliphatic heterocycles. The monoisotopic (exact) mass is 330 g/mol. The van der Waals surface area contributed by atoms with Gasteiger partial charge in [-0.2, -0.15) is 5.10 Å². The Morgan fingerprint density at radius 1 is 1.09 bits per heavy atom. The van der Waals surface area contributed by atoms with E-state index in [-0.39, 0.29) is 5.75 Å². The topological polar surface area (TPSA) is 67.4 Å². The maximum atomic E-state index is 10.2. The number of methoxy groups -OCH3 is 1. The summed E-state index contributed by atoms with van der Waals surface area (Å²) in [5.41, 5.74) is 1.84. The molecular weight excluding hydrogens is 316 g/mol. The molecule has 3 rings (SSSR count). The van der Waals surface area contributed by atoms with Gasteiger partial charge in [-0.3, -0.25) is 5.10 Å². The van der Waals surface area contributed by atoms with Crippen LogP contribution < -0.4 is 9.47 Å². The van der Waals surface area contributed by atoms with Crippen molar-refractivity contribution in [3.05, 3.63) is 53.2 Å². The number of phenolic OH excluding ortho intramolecular Hbond substituents is 1.